The second-order valence-corrected chi connectivity index (χ2v) is 6.92. The molecule has 3 nitrogen and oxygen atoms in total. The smallest absolute Gasteiger partial charge is 0.209 e. The molecule has 0 fully saturated rings. The molecule has 1 atom stereocenters. The first-order valence-corrected chi connectivity index (χ1v) is 8.93. The minimum Gasteiger partial charge on any atom is -0.324 e. The Morgan fingerprint density at radius 2 is 1.84 bits per heavy atom. The molecule has 3 heterocycles. The predicted molar refractivity (Wildman–Crippen MR) is 100 cm³/mol. The lowest BCUT2D eigenvalue weighted by atomic mass is 10.0. The zero-order valence-corrected chi connectivity index (χ0v) is 14.0. The van der Waals surface area contributed by atoms with Crippen LogP contribution < -0.4 is 5.32 Å². The normalized spacial score (nSPS) is 16.4. The number of nitrogens with one attached hydrogen (secondary N) is 1. The molecule has 1 aliphatic rings. The van der Waals surface area contributed by atoms with E-state index in [0.717, 1.165) is 33.1 Å². The van der Waals surface area contributed by atoms with E-state index < -0.39 is 0 Å². The van der Waals surface area contributed by atoms with Crippen LogP contribution in [0.2, 0.25) is 0 Å². The van der Waals surface area contributed by atoms with Crippen LogP contribution in [0, 0.1) is 5.82 Å². The molecule has 122 valence electrons. The number of hydrogen-bond donors (Lipinski definition) is 1. The average Bonchev–Trinajstić information content (AvgIpc) is 3.29. The molecule has 1 N–H and O–H groups in total. The summed E-state index contributed by atoms with van der Waals surface area (Å²) < 4.78 is 15.6. The predicted octanol–water partition coefficient (Wildman–Crippen LogP) is 5.29. The maximum Gasteiger partial charge on any atom is 0.209 e. The highest BCUT2D eigenvalue weighted by Gasteiger charge is 2.25. The van der Waals surface area contributed by atoms with Crippen LogP contribution in [0.3, 0.4) is 0 Å². The summed E-state index contributed by atoms with van der Waals surface area (Å²) in [6.07, 6.45) is 2.18. The van der Waals surface area contributed by atoms with E-state index in [9.17, 15) is 4.39 Å². The molecule has 0 bridgehead atoms. The van der Waals surface area contributed by atoms with Crippen LogP contribution >= 0.6 is 11.3 Å². The Morgan fingerprint density at radius 3 is 2.64 bits per heavy atom. The van der Waals surface area contributed by atoms with Gasteiger partial charge in [0.15, 0.2) is 0 Å². The summed E-state index contributed by atoms with van der Waals surface area (Å²) in [5.74, 6) is 0.581. The Labute approximate surface area is 148 Å². The highest BCUT2D eigenvalue weighted by Crippen LogP contribution is 2.37. The van der Waals surface area contributed by atoms with Gasteiger partial charge < -0.3 is 5.32 Å². The molecule has 2 aromatic heterocycles. The molecular formula is C20H14FN3S. The van der Waals surface area contributed by atoms with E-state index >= 15 is 0 Å². The number of fused-ring (bicyclic) bond motifs is 3. The SMILES string of the molecule is Fc1ccc(C2C=C(c3cccs3)Nc3nc4ccccc4n32)cc1. The monoisotopic (exact) mass is 347 g/mol. The number of para-hydroxylation sites is 2. The summed E-state index contributed by atoms with van der Waals surface area (Å²) in [5.41, 5.74) is 4.06. The van der Waals surface area contributed by atoms with Crippen molar-refractivity contribution < 1.29 is 4.39 Å². The second kappa shape index (κ2) is 5.57. The van der Waals surface area contributed by atoms with Crippen LogP contribution in [0.4, 0.5) is 10.3 Å². The van der Waals surface area contributed by atoms with E-state index in [1.807, 2.05) is 36.4 Å². The molecule has 2 aromatic carbocycles. The molecule has 25 heavy (non-hydrogen) atoms. The first kappa shape index (κ1) is 14.4. The zero-order valence-electron chi connectivity index (χ0n) is 13.2. The number of thiophene rings is 1. The number of halogens is 1. The summed E-state index contributed by atoms with van der Waals surface area (Å²) >= 11 is 1.68. The Bertz CT molecular complexity index is 1080. The third kappa shape index (κ3) is 2.36. The Balaban J connectivity index is 1.74. The van der Waals surface area contributed by atoms with Crippen molar-refractivity contribution in [2.24, 2.45) is 0 Å². The molecular weight excluding hydrogens is 333 g/mol. The van der Waals surface area contributed by atoms with Gasteiger partial charge >= 0.3 is 0 Å². The van der Waals surface area contributed by atoms with E-state index in [4.69, 9.17) is 4.98 Å². The number of hydrogen-bond acceptors (Lipinski definition) is 3. The molecule has 0 amide bonds. The molecule has 0 saturated heterocycles. The van der Waals surface area contributed by atoms with Crippen molar-refractivity contribution in [1.29, 1.82) is 0 Å². The molecule has 0 aliphatic carbocycles. The summed E-state index contributed by atoms with van der Waals surface area (Å²) in [4.78, 5) is 5.91. The number of imidazole rings is 1. The fraction of sp³-hybridized carbons (Fsp3) is 0.0500. The van der Waals surface area contributed by atoms with Gasteiger partial charge in [-0.2, -0.15) is 0 Å². The van der Waals surface area contributed by atoms with Crippen molar-refractivity contribution in [2.75, 3.05) is 5.32 Å². The molecule has 0 saturated carbocycles. The van der Waals surface area contributed by atoms with Crippen LogP contribution in [0.25, 0.3) is 16.7 Å². The lowest BCUT2D eigenvalue weighted by Crippen LogP contribution is -2.18. The van der Waals surface area contributed by atoms with Crippen molar-refractivity contribution in [3.8, 4) is 0 Å². The van der Waals surface area contributed by atoms with E-state index in [1.54, 1.807) is 11.3 Å². The second-order valence-electron chi connectivity index (χ2n) is 5.97. The average molecular weight is 347 g/mol. The van der Waals surface area contributed by atoms with Crippen LogP contribution in [0.1, 0.15) is 16.5 Å². The van der Waals surface area contributed by atoms with Crippen LogP contribution in [0.5, 0.6) is 0 Å². The number of anilines is 1. The molecule has 5 heteroatoms. The molecule has 1 unspecified atom stereocenters. The first-order valence-electron chi connectivity index (χ1n) is 8.05. The van der Waals surface area contributed by atoms with Crippen molar-refractivity contribution in [3.63, 3.8) is 0 Å². The van der Waals surface area contributed by atoms with Crippen LogP contribution in [-0.2, 0) is 0 Å². The van der Waals surface area contributed by atoms with Crippen LogP contribution in [-0.4, -0.2) is 9.55 Å². The van der Waals surface area contributed by atoms with E-state index in [1.165, 1.54) is 12.1 Å². The number of rotatable bonds is 2. The van der Waals surface area contributed by atoms with Gasteiger partial charge in [0.25, 0.3) is 0 Å². The van der Waals surface area contributed by atoms with Gasteiger partial charge in [-0.15, -0.1) is 11.3 Å². The summed E-state index contributed by atoms with van der Waals surface area (Å²) in [6, 6.07) is 18.8. The molecule has 4 aromatic rings. The summed E-state index contributed by atoms with van der Waals surface area (Å²) in [7, 11) is 0. The third-order valence-electron chi connectivity index (χ3n) is 4.44. The van der Waals surface area contributed by atoms with Gasteiger partial charge in [0.1, 0.15) is 5.82 Å². The van der Waals surface area contributed by atoms with Gasteiger partial charge in [-0.3, -0.25) is 4.57 Å². The summed E-state index contributed by atoms with van der Waals surface area (Å²) in [5, 5.41) is 5.51. The Hall–Kier alpha value is -2.92. The highest BCUT2D eigenvalue weighted by molar-refractivity contribution is 7.11. The van der Waals surface area contributed by atoms with Crippen LogP contribution in [0.15, 0.2) is 72.1 Å². The minimum absolute atomic E-state index is 0.0404. The van der Waals surface area contributed by atoms with Gasteiger partial charge in [-0.1, -0.05) is 30.3 Å². The lowest BCUT2D eigenvalue weighted by Gasteiger charge is -2.26. The number of benzene rings is 2. The van der Waals surface area contributed by atoms with Crippen molar-refractivity contribution in [2.45, 2.75) is 6.04 Å². The number of aromatic nitrogens is 2. The van der Waals surface area contributed by atoms with Gasteiger partial charge in [0, 0.05) is 0 Å². The molecule has 5 rings (SSSR count). The zero-order chi connectivity index (χ0) is 16.8. The quantitative estimate of drug-likeness (QED) is 0.534. The fourth-order valence-corrected chi connectivity index (χ4v) is 4.00. The van der Waals surface area contributed by atoms with E-state index in [-0.39, 0.29) is 11.9 Å². The number of nitrogens with zero attached hydrogens (tertiary/aromatic N) is 2. The maximum absolute atomic E-state index is 13.4. The first-order chi connectivity index (χ1) is 12.3. The standard InChI is InChI=1S/C20H14FN3S/c21-14-9-7-13(8-10-14)18-12-16(19-6-3-11-25-19)23-20-22-15-4-1-2-5-17(15)24(18)20/h1-12,18H,(H,22,23). The third-order valence-corrected chi connectivity index (χ3v) is 5.35. The fourth-order valence-electron chi connectivity index (χ4n) is 3.29. The van der Waals surface area contributed by atoms with E-state index in [2.05, 4.69) is 33.5 Å². The topological polar surface area (TPSA) is 29.9 Å². The molecule has 0 spiro atoms. The summed E-state index contributed by atoms with van der Waals surface area (Å²) in [6.45, 7) is 0. The molecule has 1 aliphatic heterocycles. The molecule has 0 radical (unpaired) electrons. The van der Waals surface area contributed by atoms with Crippen molar-refractivity contribution >= 4 is 34.0 Å². The van der Waals surface area contributed by atoms with Crippen molar-refractivity contribution in [1.82, 2.24) is 9.55 Å². The van der Waals surface area contributed by atoms with Gasteiger partial charge in [0.2, 0.25) is 5.95 Å². The van der Waals surface area contributed by atoms with Gasteiger partial charge in [-0.05, 0) is 47.4 Å². The largest absolute Gasteiger partial charge is 0.324 e. The maximum atomic E-state index is 13.4. The van der Waals surface area contributed by atoms with Crippen molar-refractivity contribution in [3.05, 3.63) is 88.4 Å². The minimum atomic E-state index is -0.226. The van der Waals surface area contributed by atoms with Gasteiger partial charge in [0.05, 0.1) is 27.6 Å². The van der Waals surface area contributed by atoms with Gasteiger partial charge in [-0.25, -0.2) is 9.37 Å². The Morgan fingerprint density at radius 1 is 1.00 bits per heavy atom. The highest BCUT2D eigenvalue weighted by atomic mass is 32.1. The Kier molecular flexibility index (Phi) is 3.21. The lowest BCUT2D eigenvalue weighted by molar-refractivity contribution is 0.624. The van der Waals surface area contributed by atoms with E-state index in [0.29, 0.717) is 0 Å². The number of allylic oxidation sites excluding steroid dienone is 1.